The Hall–Kier alpha value is -1.26. The maximum absolute atomic E-state index is 9.07. The van der Waals surface area contributed by atoms with Crippen molar-refractivity contribution in [3.63, 3.8) is 0 Å². The molecule has 23 heavy (non-hydrogen) atoms. The van der Waals surface area contributed by atoms with Crippen LogP contribution in [0.25, 0.3) is 0 Å². The molecule has 3 aliphatic heterocycles. The van der Waals surface area contributed by atoms with Crippen LogP contribution < -0.4 is 5.32 Å². The Morgan fingerprint density at radius 2 is 2.35 bits per heavy atom. The molecule has 4 heteroatoms. The van der Waals surface area contributed by atoms with Gasteiger partial charge in [-0.05, 0) is 44.6 Å². The molecule has 2 fully saturated rings. The maximum Gasteiger partial charge on any atom is 0.127 e. The van der Waals surface area contributed by atoms with Gasteiger partial charge >= 0.3 is 0 Å². The zero-order chi connectivity index (χ0) is 15.9. The summed E-state index contributed by atoms with van der Waals surface area (Å²) in [5.41, 5.74) is 3.12. The number of allylic oxidation sites excluding steroid dienone is 3. The first kappa shape index (κ1) is 15.3. The molecule has 3 atom stereocenters. The van der Waals surface area contributed by atoms with Gasteiger partial charge in [0.05, 0.1) is 17.7 Å². The molecule has 126 valence electrons. The molecular formula is C19H28N2O2. The van der Waals surface area contributed by atoms with Crippen LogP contribution in [0.5, 0.6) is 0 Å². The van der Waals surface area contributed by atoms with Crippen LogP contribution in [0.1, 0.15) is 51.9 Å². The summed E-state index contributed by atoms with van der Waals surface area (Å²) in [6.45, 7) is 3.00. The van der Waals surface area contributed by atoms with E-state index >= 15 is 0 Å². The van der Waals surface area contributed by atoms with Crippen molar-refractivity contribution in [3.8, 4) is 0 Å². The molecule has 4 nitrogen and oxygen atoms in total. The van der Waals surface area contributed by atoms with E-state index in [1.165, 1.54) is 37.1 Å². The number of nitrogens with zero attached hydrogens (tertiary/aromatic N) is 1. The van der Waals surface area contributed by atoms with Gasteiger partial charge < -0.3 is 20.1 Å². The number of fused-ring (bicyclic) bond motifs is 1. The van der Waals surface area contributed by atoms with Crippen molar-refractivity contribution < 1.29 is 9.84 Å². The van der Waals surface area contributed by atoms with Gasteiger partial charge in [-0.25, -0.2) is 0 Å². The summed E-state index contributed by atoms with van der Waals surface area (Å²) in [5.74, 6) is 1.27. The van der Waals surface area contributed by atoms with E-state index in [1.54, 1.807) is 5.57 Å². The molecule has 3 heterocycles. The van der Waals surface area contributed by atoms with E-state index in [1.807, 2.05) is 0 Å². The summed E-state index contributed by atoms with van der Waals surface area (Å²) >= 11 is 0. The highest BCUT2D eigenvalue weighted by Crippen LogP contribution is 2.59. The van der Waals surface area contributed by atoms with Crippen molar-refractivity contribution in [2.45, 2.75) is 64.0 Å². The minimum absolute atomic E-state index is 0.162. The summed E-state index contributed by atoms with van der Waals surface area (Å²) in [6, 6.07) is 0.269. The van der Waals surface area contributed by atoms with Gasteiger partial charge in [-0.3, -0.25) is 0 Å². The molecule has 2 N–H and O–H groups in total. The van der Waals surface area contributed by atoms with Crippen LogP contribution in [-0.2, 0) is 4.74 Å². The fraction of sp³-hybridized carbons (Fsp3) is 0.684. The highest BCUT2D eigenvalue weighted by molar-refractivity contribution is 5.40. The third kappa shape index (κ3) is 2.43. The maximum atomic E-state index is 9.07. The van der Waals surface area contributed by atoms with E-state index in [0.29, 0.717) is 6.54 Å². The van der Waals surface area contributed by atoms with E-state index in [0.717, 1.165) is 19.3 Å². The van der Waals surface area contributed by atoms with E-state index in [4.69, 9.17) is 9.84 Å². The average molecular weight is 316 g/mol. The Labute approximate surface area is 138 Å². The molecule has 4 aliphatic rings. The van der Waals surface area contributed by atoms with Gasteiger partial charge in [0.2, 0.25) is 0 Å². The molecule has 0 radical (unpaired) electrons. The van der Waals surface area contributed by atoms with Crippen LogP contribution in [0.2, 0.25) is 0 Å². The largest absolute Gasteiger partial charge is 0.490 e. The minimum Gasteiger partial charge on any atom is -0.490 e. The van der Waals surface area contributed by atoms with E-state index in [-0.39, 0.29) is 24.2 Å². The minimum atomic E-state index is 0.162. The fourth-order valence-electron chi connectivity index (χ4n) is 4.76. The van der Waals surface area contributed by atoms with Crippen molar-refractivity contribution in [2.75, 3.05) is 13.2 Å². The van der Waals surface area contributed by atoms with Crippen molar-refractivity contribution >= 4 is 0 Å². The van der Waals surface area contributed by atoms with Crippen molar-refractivity contribution in [1.29, 1.82) is 0 Å². The zero-order valence-corrected chi connectivity index (χ0v) is 14.1. The van der Waals surface area contributed by atoms with E-state index in [9.17, 15) is 0 Å². The molecule has 0 aromatic carbocycles. The lowest BCUT2D eigenvalue weighted by Crippen LogP contribution is -2.39. The monoisotopic (exact) mass is 316 g/mol. The summed E-state index contributed by atoms with van der Waals surface area (Å²) in [6.07, 6.45) is 15.4. The van der Waals surface area contributed by atoms with Crippen molar-refractivity contribution in [3.05, 3.63) is 35.5 Å². The molecule has 1 aliphatic carbocycles. The second kappa shape index (κ2) is 5.99. The molecule has 0 amide bonds. The van der Waals surface area contributed by atoms with Gasteiger partial charge in [0.15, 0.2) is 0 Å². The van der Waals surface area contributed by atoms with Gasteiger partial charge in [0.1, 0.15) is 11.9 Å². The molecule has 1 saturated heterocycles. The lowest BCUT2D eigenvalue weighted by molar-refractivity contribution is 0.115. The van der Waals surface area contributed by atoms with Gasteiger partial charge in [0, 0.05) is 31.4 Å². The molecule has 4 rings (SSSR count). The van der Waals surface area contributed by atoms with Crippen LogP contribution in [0.4, 0.5) is 0 Å². The Bertz CT molecular complexity index is 566. The molecule has 0 aromatic heterocycles. The van der Waals surface area contributed by atoms with Gasteiger partial charge in [-0.1, -0.05) is 12.5 Å². The van der Waals surface area contributed by atoms with E-state index in [2.05, 4.69) is 35.6 Å². The lowest BCUT2D eigenvalue weighted by Gasteiger charge is -2.43. The number of ether oxygens (including phenoxy) is 1. The predicted molar refractivity (Wildman–Crippen MR) is 90.3 cm³/mol. The zero-order valence-electron chi connectivity index (χ0n) is 14.1. The third-order valence-corrected chi connectivity index (χ3v) is 5.99. The fourth-order valence-corrected chi connectivity index (χ4v) is 4.76. The second-order valence-corrected chi connectivity index (χ2v) is 7.38. The SMILES string of the molecule is CC(NCCO)C1CC23CCCCC2=CN2C=CCCC2=C3O1. The van der Waals surface area contributed by atoms with Crippen molar-refractivity contribution in [1.82, 2.24) is 10.2 Å². The van der Waals surface area contributed by atoms with Gasteiger partial charge in [0.25, 0.3) is 0 Å². The Morgan fingerprint density at radius 3 is 3.22 bits per heavy atom. The molecule has 0 bridgehead atoms. The third-order valence-electron chi connectivity index (χ3n) is 5.99. The van der Waals surface area contributed by atoms with Gasteiger partial charge in [-0.15, -0.1) is 0 Å². The lowest BCUT2D eigenvalue weighted by atomic mass is 9.65. The van der Waals surface area contributed by atoms with Crippen molar-refractivity contribution in [2.24, 2.45) is 5.41 Å². The highest BCUT2D eigenvalue weighted by atomic mass is 16.5. The number of hydrogen-bond acceptors (Lipinski definition) is 4. The number of nitrogens with one attached hydrogen (secondary N) is 1. The van der Waals surface area contributed by atoms with Crippen LogP contribution in [0.3, 0.4) is 0 Å². The van der Waals surface area contributed by atoms with Crippen LogP contribution in [0, 0.1) is 5.41 Å². The van der Waals surface area contributed by atoms with Crippen LogP contribution in [-0.4, -0.2) is 35.3 Å². The normalized spacial score (nSPS) is 33.6. The number of rotatable bonds is 4. The first-order valence-corrected chi connectivity index (χ1v) is 9.15. The molecule has 1 spiro atoms. The summed E-state index contributed by atoms with van der Waals surface area (Å²) in [7, 11) is 0. The molecule has 3 unspecified atom stereocenters. The summed E-state index contributed by atoms with van der Waals surface area (Å²) in [5, 5.41) is 12.5. The Balaban J connectivity index is 1.67. The van der Waals surface area contributed by atoms with Gasteiger partial charge in [-0.2, -0.15) is 0 Å². The highest BCUT2D eigenvalue weighted by Gasteiger charge is 2.53. The van der Waals surface area contributed by atoms with Crippen LogP contribution >= 0.6 is 0 Å². The number of aliphatic hydroxyl groups is 1. The Kier molecular flexibility index (Phi) is 3.98. The Morgan fingerprint density at radius 1 is 1.43 bits per heavy atom. The van der Waals surface area contributed by atoms with E-state index < -0.39 is 0 Å². The summed E-state index contributed by atoms with van der Waals surface area (Å²) < 4.78 is 6.57. The predicted octanol–water partition coefficient (Wildman–Crippen LogP) is 3.02. The quantitative estimate of drug-likeness (QED) is 0.837. The molecular weight excluding hydrogens is 288 g/mol. The summed E-state index contributed by atoms with van der Waals surface area (Å²) in [4.78, 5) is 2.31. The number of hydrogen-bond donors (Lipinski definition) is 2. The first-order chi connectivity index (χ1) is 11.2. The first-order valence-electron chi connectivity index (χ1n) is 9.15. The molecule has 0 aromatic rings. The smallest absolute Gasteiger partial charge is 0.127 e. The second-order valence-electron chi connectivity index (χ2n) is 7.38. The standard InChI is InChI=1S/C19H28N2O2/c1-14(20-9-11-22)17-12-19-8-4-2-6-15(19)13-21-10-5-3-7-16(21)18(19)23-17/h5,10,13-14,17,20,22H,2-4,6-9,11-12H2,1H3. The molecule has 1 saturated carbocycles. The topological polar surface area (TPSA) is 44.7 Å². The number of aliphatic hydroxyl groups excluding tert-OH is 1. The average Bonchev–Trinajstić information content (AvgIpc) is 2.97. The van der Waals surface area contributed by atoms with Crippen LogP contribution in [0.15, 0.2) is 35.5 Å².